The number of nitrogens with one attached hydrogen (secondary N) is 2. The van der Waals surface area contributed by atoms with E-state index in [0.29, 0.717) is 13.0 Å². The number of rotatable bonds is 3. The van der Waals surface area contributed by atoms with Crippen molar-refractivity contribution in [2.45, 2.75) is 38.0 Å². The summed E-state index contributed by atoms with van der Waals surface area (Å²) in [4.78, 5) is 0. The largest absolute Gasteiger partial charge is 0.307 e. The first-order chi connectivity index (χ1) is 6.36. The Bertz CT molecular complexity index is 247. The van der Waals surface area contributed by atoms with Gasteiger partial charge in [-0.3, -0.25) is 5.10 Å². The Labute approximate surface area is 76.7 Å². The Kier molecular flexibility index (Phi) is 2.59. The Morgan fingerprint density at radius 1 is 1.62 bits per heavy atom. The number of halogens is 1. The molecule has 0 aromatic carbocycles. The van der Waals surface area contributed by atoms with Gasteiger partial charge in [0.05, 0.1) is 6.20 Å². The lowest BCUT2D eigenvalue weighted by molar-refractivity contribution is 0.279. The number of aromatic nitrogens is 2. The standard InChI is InChI=1S/C9H14FN3/c10-8-2-1-3-9(8)11-4-7-5-12-13-6-7/h5-6,8-9,11H,1-4H2,(H,12,13)/t8-,9+/m1/s1. The van der Waals surface area contributed by atoms with Crippen molar-refractivity contribution in [2.75, 3.05) is 0 Å². The highest BCUT2D eigenvalue weighted by Crippen LogP contribution is 2.22. The summed E-state index contributed by atoms with van der Waals surface area (Å²) in [6, 6.07) is 0.0508. The van der Waals surface area contributed by atoms with E-state index < -0.39 is 6.17 Å². The molecule has 72 valence electrons. The van der Waals surface area contributed by atoms with E-state index in [-0.39, 0.29) is 6.04 Å². The van der Waals surface area contributed by atoms with Crippen molar-refractivity contribution < 1.29 is 4.39 Å². The summed E-state index contributed by atoms with van der Waals surface area (Å²) in [5.74, 6) is 0. The molecule has 0 spiro atoms. The second kappa shape index (κ2) is 3.87. The quantitative estimate of drug-likeness (QED) is 0.743. The molecule has 4 heteroatoms. The maximum absolute atomic E-state index is 13.1. The predicted molar refractivity (Wildman–Crippen MR) is 48.0 cm³/mol. The SMILES string of the molecule is F[C@@H]1CCC[C@@H]1NCc1cn[nH]c1. The molecule has 0 radical (unpaired) electrons. The molecule has 2 rings (SSSR count). The Morgan fingerprint density at radius 2 is 2.54 bits per heavy atom. The van der Waals surface area contributed by atoms with Gasteiger partial charge in [0.1, 0.15) is 6.17 Å². The summed E-state index contributed by atoms with van der Waals surface area (Å²) in [6.45, 7) is 0.710. The molecule has 0 unspecified atom stereocenters. The fourth-order valence-electron chi connectivity index (χ4n) is 1.77. The number of alkyl halides is 1. The van der Waals surface area contributed by atoms with Crippen molar-refractivity contribution in [3.63, 3.8) is 0 Å². The highest BCUT2D eigenvalue weighted by Gasteiger charge is 2.25. The number of aromatic amines is 1. The molecule has 1 heterocycles. The van der Waals surface area contributed by atoms with Crippen LogP contribution in [0.3, 0.4) is 0 Å². The van der Waals surface area contributed by atoms with Crippen LogP contribution in [0.15, 0.2) is 12.4 Å². The lowest BCUT2D eigenvalue weighted by atomic mass is 10.2. The van der Waals surface area contributed by atoms with E-state index in [4.69, 9.17) is 0 Å². The summed E-state index contributed by atoms with van der Waals surface area (Å²) < 4.78 is 13.1. The highest BCUT2D eigenvalue weighted by atomic mass is 19.1. The predicted octanol–water partition coefficient (Wildman–Crippen LogP) is 1.39. The molecular weight excluding hydrogens is 169 g/mol. The van der Waals surface area contributed by atoms with Crippen LogP contribution in [0.2, 0.25) is 0 Å². The van der Waals surface area contributed by atoms with Crippen LogP contribution in [-0.4, -0.2) is 22.4 Å². The summed E-state index contributed by atoms with van der Waals surface area (Å²) in [5, 5.41) is 9.76. The minimum atomic E-state index is -0.660. The maximum Gasteiger partial charge on any atom is 0.115 e. The number of nitrogens with zero attached hydrogens (tertiary/aromatic N) is 1. The van der Waals surface area contributed by atoms with Gasteiger partial charge >= 0.3 is 0 Å². The molecule has 1 aromatic rings. The Hall–Kier alpha value is -0.900. The maximum atomic E-state index is 13.1. The van der Waals surface area contributed by atoms with Gasteiger partial charge in [-0.2, -0.15) is 5.10 Å². The molecule has 1 aliphatic carbocycles. The van der Waals surface area contributed by atoms with Crippen LogP contribution in [0, 0.1) is 0 Å². The number of H-pyrrole nitrogens is 1. The van der Waals surface area contributed by atoms with E-state index in [2.05, 4.69) is 15.5 Å². The minimum absolute atomic E-state index is 0.0508. The molecule has 3 nitrogen and oxygen atoms in total. The average molecular weight is 183 g/mol. The van der Waals surface area contributed by atoms with Crippen LogP contribution in [-0.2, 0) is 6.54 Å². The summed E-state index contributed by atoms with van der Waals surface area (Å²) >= 11 is 0. The lowest BCUT2D eigenvalue weighted by Crippen LogP contribution is -2.32. The van der Waals surface area contributed by atoms with Crippen LogP contribution >= 0.6 is 0 Å². The molecule has 1 aromatic heterocycles. The van der Waals surface area contributed by atoms with Gasteiger partial charge in [0.15, 0.2) is 0 Å². The van der Waals surface area contributed by atoms with Crippen molar-refractivity contribution in [3.05, 3.63) is 18.0 Å². The van der Waals surface area contributed by atoms with Crippen molar-refractivity contribution in [1.82, 2.24) is 15.5 Å². The molecule has 0 bridgehead atoms. The van der Waals surface area contributed by atoms with E-state index >= 15 is 0 Å². The van der Waals surface area contributed by atoms with E-state index in [9.17, 15) is 4.39 Å². The van der Waals surface area contributed by atoms with Crippen molar-refractivity contribution in [3.8, 4) is 0 Å². The fraction of sp³-hybridized carbons (Fsp3) is 0.667. The summed E-state index contributed by atoms with van der Waals surface area (Å²) in [7, 11) is 0. The first-order valence-corrected chi connectivity index (χ1v) is 4.71. The van der Waals surface area contributed by atoms with E-state index in [0.717, 1.165) is 18.4 Å². The normalized spacial score (nSPS) is 28.1. The van der Waals surface area contributed by atoms with Gasteiger partial charge in [0, 0.05) is 24.3 Å². The van der Waals surface area contributed by atoms with Crippen molar-refractivity contribution >= 4 is 0 Å². The van der Waals surface area contributed by atoms with Crippen LogP contribution in [0.4, 0.5) is 4.39 Å². The van der Waals surface area contributed by atoms with Crippen LogP contribution in [0.5, 0.6) is 0 Å². The Morgan fingerprint density at radius 3 is 3.15 bits per heavy atom. The molecule has 2 atom stereocenters. The molecule has 2 N–H and O–H groups in total. The van der Waals surface area contributed by atoms with Gasteiger partial charge in [0.25, 0.3) is 0 Å². The third-order valence-electron chi connectivity index (χ3n) is 2.55. The summed E-state index contributed by atoms with van der Waals surface area (Å²) in [5.41, 5.74) is 1.08. The molecule has 1 saturated carbocycles. The average Bonchev–Trinajstić information content (AvgIpc) is 2.72. The first-order valence-electron chi connectivity index (χ1n) is 4.71. The molecule has 0 aliphatic heterocycles. The first kappa shape index (κ1) is 8.69. The zero-order valence-corrected chi connectivity index (χ0v) is 7.46. The van der Waals surface area contributed by atoms with Gasteiger partial charge in [-0.05, 0) is 19.3 Å². The highest BCUT2D eigenvalue weighted by molar-refractivity contribution is 5.02. The minimum Gasteiger partial charge on any atom is -0.307 e. The van der Waals surface area contributed by atoms with Crippen LogP contribution < -0.4 is 5.32 Å². The van der Waals surface area contributed by atoms with E-state index in [1.54, 1.807) is 6.20 Å². The number of hydrogen-bond donors (Lipinski definition) is 2. The topological polar surface area (TPSA) is 40.7 Å². The van der Waals surface area contributed by atoms with Crippen LogP contribution in [0.25, 0.3) is 0 Å². The zero-order chi connectivity index (χ0) is 9.10. The third-order valence-corrected chi connectivity index (χ3v) is 2.55. The second-order valence-electron chi connectivity index (χ2n) is 3.54. The molecule has 0 saturated heterocycles. The van der Waals surface area contributed by atoms with Gasteiger partial charge < -0.3 is 5.32 Å². The molecule has 1 fully saturated rings. The zero-order valence-electron chi connectivity index (χ0n) is 7.46. The van der Waals surface area contributed by atoms with E-state index in [1.165, 1.54) is 0 Å². The van der Waals surface area contributed by atoms with E-state index in [1.807, 2.05) is 6.20 Å². The fourth-order valence-corrected chi connectivity index (χ4v) is 1.77. The van der Waals surface area contributed by atoms with Crippen molar-refractivity contribution in [2.24, 2.45) is 0 Å². The molecule has 0 amide bonds. The summed E-state index contributed by atoms with van der Waals surface area (Å²) in [6.07, 6.45) is 5.60. The van der Waals surface area contributed by atoms with Gasteiger partial charge in [-0.15, -0.1) is 0 Å². The monoisotopic (exact) mass is 183 g/mol. The van der Waals surface area contributed by atoms with Gasteiger partial charge in [-0.25, -0.2) is 4.39 Å². The molecule has 13 heavy (non-hydrogen) atoms. The van der Waals surface area contributed by atoms with Gasteiger partial charge in [-0.1, -0.05) is 0 Å². The van der Waals surface area contributed by atoms with Crippen molar-refractivity contribution in [1.29, 1.82) is 0 Å². The molecule has 1 aliphatic rings. The smallest absolute Gasteiger partial charge is 0.115 e. The van der Waals surface area contributed by atoms with Gasteiger partial charge in [0.2, 0.25) is 0 Å². The molecular formula is C9H14FN3. The van der Waals surface area contributed by atoms with Crippen LogP contribution in [0.1, 0.15) is 24.8 Å². The lowest BCUT2D eigenvalue weighted by Gasteiger charge is -2.13. The Balaban J connectivity index is 1.79. The second-order valence-corrected chi connectivity index (χ2v) is 3.54. The number of hydrogen-bond acceptors (Lipinski definition) is 2. The third kappa shape index (κ3) is 2.06.